The molecule has 28 heavy (non-hydrogen) atoms. The Morgan fingerprint density at radius 2 is 2.11 bits per heavy atom. The quantitative estimate of drug-likeness (QED) is 0.737. The third-order valence-electron chi connectivity index (χ3n) is 4.86. The smallest absolute Gasteiger partial charge is 0.265 e. The summed E-state index contributed by atoms with van der Waals surface area (Å²) in [5.41, 5.74) is 0.848. The van der Waals surface area contributed by atoms with Gasteiger partial charge in [0.1, 0.15) is 17.0 Å². The van der Waals surface area contributed by atoms with E-state index in [1.165, 1.54) is 16.7 Å². The molecule has 1 aliphatic rings. The summed E-state index contributed by atoms with van der Waals surface area (Å²) in [6, 6.07) is 11.0. The summed E-state index contributed by atoms with van der Waals surface area (Å²) in [6.45, 7) is 1.27. The van der Waals surface area contributed by atoms with Gasteiger partial charge in [0.2, 0.25) is 0 Å². The molecule has 2 aromatic heterocycles. The number of amides is 1. The van der Waals surface area contributed by atoms with E-state index in [2.05, 4.69) is 10.3 Å². The normalized spacial score (nSPS) is 16.4. The summed E-state index contributed by atoms with van der Waals surface area (Å²) >= 11 is 0. The number of aromatic nitrogens is 2. The third kappa shape index (κ3) is 3.80. The van der Waals surface area contributed by atoms with Crippen LogP contribution in [0.2, 0.25) is 0 Å². The number of fused-ring (bicyclic) bond motifs is 1. The molecule has 1 aromatic carbocycles. The van der Waals surface area contributed by atoms with E-state index in [0.717, 1.165) is 18.4 Å². The summed E-state index contributed by atoms with van der Waals surface area (Å²) < 4.78 is 20.2. The lowest BCUT2D eigenvalue weighted by Crippen LogP contribution is -2.37. The van der Waals surface area contributed by atoms with Crippen LogP contribution < -0.4 is 10.9 Å². The van der Waals surface area contributed by atoms with E-state index < -0.39 is 11.5 Å². The first-order valence-corrected chi connectivity index (χ1v) is 9.24. The first kappa shape index (κ1) is 18.3. The molecule has 0 radical (unpaired) electrons. The van der Waals surface area contributed by atoms with Crippen LogP contribution in [0.25, 0.3) is 11.0 Å². The molecule has 144 valence electrons. The summed E-state index contributed by atoms with van der Waals surface area (Å²) in [5.74, 6) is -0.777. The molecule has 4 rings (SSSR count). The molecule has 1 atom stereocenters. The Labute approximate surface area is 161 Å². The van der Waals surface area contributed by atoms with Crippen molar-refractivity contribution in [3.63, 3.8) is 0 Å². The van der Waals surface area contributed by atoms with Gasteiger partial charge < -0.3 is 10.1 Å². The van der Waals surface area contributed by atoms with Gasteiger partial charge in [0.05, 0.1) is 12.6 Å². The first-order valence-electron chi connectivity index (χ1n) is 9.24. The number of hydrogen-bond acceptors (Lipinski definition) is 4. The molecule has 0 unspecified atom stereocenters. The van der Waals surface area contributed by atoms with Gasteiger partial charge in [0.25, 0.3) is 11.5 Å². The van der Waals surface area contributed by atoms with Crippen molar-refractivity contribution in [1.82, 2.24) is 14.9 Å². The van der Waals surface area contributed by atoms with Crippen molar-refractivity contribution in [2.45, 2.75) is 25.5 Å². The molecule has 3 heterocycles. The molecule has 1 aliphatic heterocycles. The lowest BCUT2D eigenvalue weighted by atomic mass is 10.1. The van der Waals surface area contributed by atoms with Gasteiger partial charge in [-0.3, -0.25) is 14.2 Å². The van der Waals surface area contributed by atoms with Crippen molar-refractivity contribution in [3.8, 4) is 0 Å². The average molecular weight is 381 g/mol. The van der Waals surface area contributed by atoms with Crippen molar-refractivity contribution in [1.29, 1.82) is 0 Å². The van der Waals surface area contributed by atoms with Crippen LogP contribution in [0.5, 0.6) is 0 Å². The summed E-state index contributed by atoms with van der Waals surface area (Å²) in [7, 11) is 0. The average Bonchev–Trinajstić information content (AvgIpc) is 3.23. The maximum absolute atomic E-state index is 13.2. The maximum Gasteiger partial charge on any atom is 0.265 e. The largest absolute Gasteiger partial charge is 0.376 e. The van der Waals surface area contributed by atoms with Crippen molar-refractivity contribution < 1.29 is 13.9 Å². The summed E-state index contributed by atoms with van der Waals surface area (Å²) in [5, 5.41) is 3.48. The zero-order valence-electron chi connectivity index (χ0n) is 15.2. The molecule has 0 saturated carbocycles. The molecule has 1 amide bonds. The molecule has 6 nitrogen and oxygen atoms in total. The predicted molar refractivity (Wildman–Crippen MR) is 103 cm³/mol. The molecule has 1 fully saturated rings. The Morgan fingerprint density at radius 3 is 2.86 bits per heavy atom. The second kappa shape index (κ2) is 7.90. The van der Waals surface area contributed by atoms with Gasteiger partial charge in [-0.15, -0.1) is 0 Å². The monoisotopic (exact) mass is 381 g/mol. The lowest BCUT2D eigenvalue weighted by Gasteiger charge is -2.14. The number of carbonyl (C=O) groups is 1. The molecular weight excluding hydrogens is 361 g/mol. The molecule has 1 N–H and O–H groups in total. The fraction of sp³-hybridized carbons (Fsp3) is 0.286. The summed E-state index contributed by atoms with van der Waals surface area (Å²) in [6.07, 6.45) is 3.47. The molecule has 7 heteroatoms. The van der Waals surface area contributed by atoms with Crippen molar-refractivity contribution >= 4 is 16.9 Å². The van der Waals surface area contributed by atoms with Gasteiger partial charge in [-0.25, -0.2) is 9.37 Å². The van der Waals surface area contributed by atoms with Crippen LogP contribution in [-0.2, 0) is 11.3 Å². The van der Waals surface area contributed by atoms with E-state index in [4.69, 9.17) is 4.74 Å². The van der Waals surface area contributed by atoms with E-state index in [0.29, 0.717) is 24.2 Å². The number of ether oxygens (including phenoxy) is 1. The van der Waals surface area contributed by atoms with E-state index in [-0.39, 0.29) is 24.0 Å². The van der Waals surface area contributed by atoms with Crippen LogP contribution in [0.1, 0.15) is 28.8 Å². The minimum absolute atomic E-state index is 0.00693. The second-order valence-electron chi connectivity index (χ2n) is 6.84. The predicted octanol–water partition coefficient (Wildman–Crippen LogP) is 2.49. The Balaban J connectivity index is 1.69. The molecule has 1 saturated heterocycles. The zero-order chi connectivity index (χ0) is 19.5. The Morgan fingerprint density at radius 1 is 1.29 bits per heavy atom. The van der Waals surface area contributed by atoms with Gasteiger partial charge in [0.15, 0.2) is 0 Å². The number of rotatable bonds is 5. The molecule has 3 aromatic rings. The van der Waals surface area contributed by atoms with E-state index >= 15 is 0 Å². The fourth-order valence-corrected chi connectivity index (χ4v) is 3.40. The standard InChI is InChI=1S/C21H20FN3O3/c22-16-7-5-14(6-8-16)13-25-19-15(3-1-9-23-19)11-18(21(25)27)20(26)24-12-17-4-2-10-28-17/h1,3,5-9,11,17H,2,4,10,12-13H2,(H,24,26)/t17-/m0/s1. The Kier molecular flexibility index (Phi) is 5.16. The highest BCUT2D eigenvalue weighted by molar-refractivity contribution is 5.96. The molecular formula is C21H20FN3O3. The second-order valence-corrected chi connectivity index (χ2v) is 6.84. The minimum atomic E-state index is -0.431. The van der Waals surface area contributed by atoms with Crippen LogP contribution in [0, 0.1) is 5.82 Å². The van der Waals surface area contributed by atoms with E-state index in [9.17, 15) is 14.0 Å². The Bertz CT molecular complexity index is 1060. The number of nitrogens with zero attached hydrogens (tertiary/aromatic N) is 2. The lowest BCUT2D eigenvalue weighted by molar-refractivity contribution is 0.0856. The van der Waals surface area contributed by atoms with Crippen LogP contribution >= 0.6 is 0 Å². The minimum Gasteiger partial charge on any atom is -0.376 e. The van der Waals surface area contributed by atoms with Crippen molar-refractivity contribution in [2.24, 2.45) is 0 Å². The van der Waals surface area contributed by atoms with E-state index in [1.54, 1.807) is 36.5 Å². The van der Waals surface area contributed by atoms with E-state index in [1.807, 2.05) is 0 Å². The van der Waals surface area contributed by atoms with Gasteiger partial charge in [-0.05, 0) is 48.7 Å². The molecule has 0 aliphatic carbocycles. The number of nitrogens with one attached hydrogen (secondary N) is 1. The number of halogens is 1. The zero-order valence-corrected chi connectivity index (χ0v) is 15.2. The van der Waals surface area contributed by atoms with Crippen LogP contribution in [0.4, 0.5) is 4.39 Å². The summed E-state index contributed by atoms with van der Waals surface area (Å²) in [4.78, 5) is 30.0. The molecule has 0 spiro atoms. The number of pyridine rings is 2. The van der Waals surface area contributed by atoms with Crippen molar-refractivity contribution in [2.75, 3.05) is 13.2 Å². The topological polar surface area (TPSA) is 73.2 Å². The van der Waals surface area contributed by atoms with Crippen LogP contribution in [0.3, 0.4) is 0 Å². The van der Waals surface area contributed by atoms with Crippen LogP contribution in [0.15, 0.2) is 53.5 Å². The van der Waals surface area contributed by atoms with Crippen molar-refractivity contribution in [3.05, 3.63) is 76.0 Å². The number of hydrogen-bond donors (Lipinski definition) is 1. The maximum atomic E-state index is 13.2. The highest BCUT2D eigenvalue weighted by Crippen LogP contribution is 2.14. The fourth-order valence-electron chi connectivity index (χ4n) is 3.40. The molecule has 0 bridgehead atoms. The SMILES string of the molecule is O=C(NC[C@@H]1CCCO1)c1cc2cccnc2n(Cc2ccc(F)cc2)c1=O. The van der Waals surface area contributed by atoms with Gasteiger partial charge in [-0.1, -0.05) is 12.1 Å². The highest BCUT2D eigenvalue weighted by atomic mass is 19.1. The Hall–Kier alpha value is -3.06. The van der Waals surface area contributed by atoms with Gasteiger partial charge in [0, 0.05) is 24.7 Å². The number of carbonyl (C=O) groups excluding carboxylic acids is 1. The third-order valence-corrected chi connectivity index (χ3v) is 4.86. The first-order chi connectivity index (χ1) is 13.6. The van der Waals surface area contributed by atoms with Gasteiger partial charge in [-0.2, -0.15) is 0 Å². The highest BCUT2D eigenvalue weighted by Gasteiger charge is 2.20. The van der Waals surface area contributed by atoms with Gasteiger partial charge >= 0.3 is 0 Å². The number of benzene rings is 1. The van der Waals surface area contributed by atoms with Crippen LogP contribution in [-0.4, -0.2) is 34.7 Å².